The van der Waals surface area contributed by atoms with Crippen LogP contribution < -0.4 is 20.4 Å². The minimum atomic E-state index is -1.36. The van der Waals surface area contributed by atoms with Crippen LogP contribution in [0, 0.1) is 0 Å². The maximum Gasteiger partial charge on any atom is 0.305 e. The molecule has 0 saturated carbocycles. The largest absolute Gasteiger partial charge is 0.481 e. The SMILES string of the molecule is O=C[C@H](CC(=O)O)NC(=O)CN1C(=O)[C@@H](NC(=O)c2cccc3cccnc23)CN(C(=O)CO)c2ccccc21. The average molecular weight is 548 g/mol. The fraction of sp³-hybridized carbons (Fsp3) is 0.222. The first-order chi connectivity index (χ1) is 19.2. The summed E-state index contributed by atoms with van der Waals surface area (Å²) in [5.74, 6) is -4.31. The molecule has 1 aliphatic rings. The Kier molecular flexibility index (Phi) is 8.45. The van der Waals surface area contributed by atoms with Gasteiger partial charge in [-0.15, -0.1) is 0 Å². The van der Waals surface area contributed by atoms with Gasteiger partial charge in [-0.05, 0) is 24.3 Å². The lowest BCUT2D eigenvalue weighted by Gasteiger charge is -2.25. The number of pyridine rings is 1. The molecule has 3 aromatic rings. The van der Waals surface area contributed by atoms with E-state index >= 15 is 0 Å². The standard InChI is InChI=1S/C27H25N5O8/c33-14-17(11-24(37)38)29-22(35)13-32-21-9-2-1-8-20(21)31(23(36)15-34)12-19(27(32)40)30-26(39)18-7-3-5-16-6-4-10-28-25(16)18/h1-10,14,17,19,34H,11-13,15H2,(H,29,35)(H,30,39)(H,37,38)/t17-,19-/m0/s1. The van der Waals surface area contributed by atoms with Crippen molar-refractivity contribution in [2.45, 2.75) is 18.5 Å². The third-order valence-electron chi connectivity index (χ3n) is 6.22. The number of hydrogen-bond donors (Lipinski definition) is 4. The molecule has 0 saturated heterocycles. The molecule has 4 amide bonds. The maximum absolute atomic E-state index is 13.8. The van der Waals surface area contributed by atoms with Crippen LogP contribution in [-0.2, 0) is 24.0 Å². The number of carboxylic acids is 1. The van der Waals surface area contributed by atoms with E-state index in [0.29, 0.717) is 10.9 Å². The molecular formula is C27H25N5O8. The van der Waals surface area contributed by atoms with Crippen molar-refractivity contribution < 1.29 is 39.0 Å². The number of carbonyl (C=O) groups excluding carboxylic acids is 5. The normalized spacial score (nSPS) is 15.5. The molecule has 0 spiro atoms. The zero-order valence-electron chi connectivity index (χ0n) is 21.0. The van der Waals surface area contributed by atoms with E-state index in [4.69, 9.17) is 5.11 Å². The number of aromatic nitrogens is 1. The number of carboxylic acid groups (broad SMARTS) is 1. The number of aldehydes is 1. The Labute approximate surface area is 227 Å². The van der Waals surface area contributed by atoms with Crippen molar-refractivity contribution in [2.75, 3.05) is 29.5 Å². The van der Waals surface area contributed by atoms with Crippen molar-refractivity contribution in [1.29, 1.82) is 0 Å². The van der Waals surface area contributed by atoms with E-state index in [9.17, 15) is 33.9 Å². The molecule has 1 aromatic heterocycles. The molecule has 13 heteroatoms. The number of nitrogens with one attached hydrogen (secondary N) is 2. The van der Waals surface area contributed by atoms with Crippen molar-refractivity contribution >= 4 is 58.2 Å². The van der Waals surface area contributed by atoms with Gasteiger partial charge in [-0.25, -0.2) is 0 Å². The van der Waals surface area contributed by atoms with Crippen molar-refractivity contribution in [2.24, 2.45) is 0 Å². The number of carbonyl (C=O) groups is 6. The fourth-order valence-electron chi connectivity index (χ4n) is 4.42. The molecule has 4 N–H and O–H groups in total. The molecular weight excluding hydrogens is 522 g/mol. The molecule has 1 aliphatic heterocycles. The molecule has 40 heavy (non-hydrogen) atoms. The number of para-hydroxylation sites is 3. The summed E-state index contributed by atoms with van der Waals surface area (Å²) in [5.41, 5.74) is 0.905. The summed E-state index contributed by atoms with van der Waals surface area (Å²) in [6.07, 6.45) is 1.13. The molecule has 2 aromatic carbocycles. The number of aliphatic carboxylic acids is 1. The molecule has 206 valence electrons. The Morgan fingerprint density at radius 1 is 1.05 bits per heavy atom. The van der Waals surface area contributed by atoms with Gasteiger partial charge < -0.3 is 30.5 Å². The predicted molar refractivity (Wildman–Crippen MR) is 141 cm³/mol. The summed E-state index contributed by atoms with van der Waals surface area (Å²) in [5, 5.41) is 24.2. The number of aliphatic hydroxyl groups is 1. The Bertz CT molecular complexity index is 1490. The highest BCUT2D eigenvalue weighted by atomic mass is 16.4. The van der Waals surface area contributed by atoms with Crippen molar-refractivity contribution in [3.05, 3.63) is 66.4 Å². The third-order valence-corrected chi connectivity index (χ3v) is 6.22. The first kappa shape index (κ1) is 27.9. The van der Waals surface area contributed by atoms with Gasteiger partial charge >= 0.3 is 5.97 Å². The molecule has 4 rings (SSSR count). The molecule has 0 radical (unpaired) electrons. The summed E-state index contributed by atoms with van der Waals surface area (Å²) < 4.78 is 0. The van der Waals surface area contributed by atoms with Crippen LogP contribution in [-0.4, -0.2) is 82.9 Å². The van der Waals surface area contributed by atoms with E-state index in [2.05, 4.69) is 15.6 Å². The van der Waals surface area contributed by atoms with Gasteiger partial charge in [0.25, 0.3) is 17.7 Å². The zero-order valence-corrected chi connectivity index (χ0v) is 21.0. The third kappa shape index (κ3) is 5.94. The van der Waals surface area contributed by atoms with E-state index in [-0.39, 0.29) is 29.8 Å². The molecule has 2 atom stereocenters. The van der Waals surface area contributed by atoms with Crippen LogP contribution >= 0.6 is 0 Å². The number of aliphatic hydroxyl groups excluding tert-OH is 1. The lowest BCUT2D eigenvalue weighted by atomic mass is 10.1. The maximum atomic E-state index is 13.8. The lowest BCUT2D eigenvalue weighted by molar-refractivity contribution is -0.139. The number of benzene rings is 2. The summed E-state index contributed by atoms with van der Waals surface area (Å²) in [6.45, 7) is -1.89. The van der Waals surface area contributed by atoms with E-state index in [1.165, 1.54) is 24.4 Å². The first-order valence-electron chi connectivity index (χ1n) is 12.2. The average Bonchev–Trinajstić information content (AvgIpc) is 3.06. The fourth-order valence-corrected chi connectivity index (χ4v) is 4.42. The molecule has 2 heterocycles. The van der Waals surface area contributed by atoms with Crippen LogP contribution in [0.3, 0.4) is 0 Å². The number of hydrogen-bond acceptors (Lipinski definition) is 8. The van der Waals surface area contributed by atoms with Crippen LogP contribution in [0.1, 0.15) is 16.8 Å². The minimum Gasteiger partial charge on any atom is -0.481 e. The summed E-state index contributed by atoms with van der Waals surface area (Å²) in [6, 6.07) is 11.9. The van der Waals surface area contributed by atoms with Crippen molar-refractivity contribution in [3.8, 4) is 0 Å². The second kappa shape index (κ2) is 12.1. The Morgan fingerprint density at radius 3 is 2.48 bits per heavy atom. The molecule has 13 nitrogen and oxygen atoms in total. The van der Waals surface area contributed by atoms with Gasteiger partial charge in [-0.1, -0.05) is 30.3 Å². The monoisotopic (exact) mass is 547 g/mol. The number of amides is 4. The van der Waals surface area contributed by atoms with Crippen molar-refractivity contribution in [1.82, 2.24) is 15.6 Å². The second-order valence-electron chi connectivity index (χ2n) is 8.89. The van der Waals surface area contributed by atoms with E-state index in [1.54, 1.807) is 36.4 Å². The summed E-state index contributed by atoms with van der Waals surface area (Å²) >= 11 is 0. The van der Waals surface area contributed by atoms with Crippen molar-refractivity contribution in [3.63, 3.8) is 0 Å². The van der Waals surface area contributed by atoms with E-state index in [1.807, 2.05) is 0 Å². The van der Waals surface area contributed by atoms with Gasteiger partial charge in [0, 0.05) is 11.6 Å². The van der Waals surface area contributed by atoms with Gasteiger partial charge in [-0.3, -0.25) is 33.9 Å². The number of anilines is 2. The quantitative estimate of drug-likeness (QED) is 0.265. The van der Waals surface area contributed by atoms with E-state index < -0.39 is 61.3 Å². The molecule has 0 fully saturated rings. The molecule has 0 aliphatic carbocycles. The van der Waals surface area contributed by atoms with Gasteiger partial charge in [-0.2, -0.15) is 0 Å². The van der Waals surface area contributed by atoms with Crippen LogP contribution in [0.4, 0.5) is 11.4 Å². The van der Waals surface area contributed by atoms with Crippen LogP contribution in [0.25, 0.3) is 10.9 Å². The van der Waals surface area contributed by atoms with Gasteiger partial charge in [0.1, 0.15) is 25.5 Å². The smallest absolute Gasteiger partial charge is 0.305 e. The van der Waals surface area contributed by atoms with Crippen LogP contribution in [0.2, 0.25) is 0 Å². The first-order valence-corrected chi connectivity index (χ1v) is 12.2. The molecule has 0 unspecified atom stereocenters. The number of fused-ring (bicyclic) bond motifs is 2. The summed E-state index contributed by atoms with van der Waals surface area (Å²) in [4.78, 5) is 81.4. The van der Waals surface area contributed by atoms with Gasteiger partial charge in [0.05, 0.1) is 41.5 Å². The highest BCUT2D eigenvalue weighted by Gasteiger charge is 2.38. The van der Waals surface area contributed by atoms with Gasteiger partial charge in [0.2, 0.25) is 5.91 Å². The lowest BCUT2D eigenvalue weighted by Crippen LogP contribution is -2.55. The Hall–Kier alpha value is -5.17. The highest BCUT2D eigenvalue weighted by Crippen LogP contribution is 2.33. The van der Waals surface area contributed by atoms with E-state index in [0.717, 1.165) is 9.80 Å². The van der Waals surface area contributed by atoms with Crippen LogP contribution in [0.5, 0.6) is 0 Å². The predicted octanol–water partition coefficient (Wildman–Crippen LogP) is -0.136. The second-order valence-corrected chi connectivity index (χ2v) is 8.89. The Morgan fingerprint density at radius 2 is 1.77 bits per heavy atom. The van der Waals surface area contributed by atoms with Gasteiger partial charge in [0.15, 0.2) is 0 Å². The number of nitrogens with zero attached hydrogens (tertiary/aromatic N) is 3. The Balaban J connectivity index is 1.69. The van der Waals surface area contributed by atoms with Crippen LogP contribution in [0.15, 0.2) is 60.8 Å². The molecule has 0 bridgehead atoms. The zero-order chi connectivity index (χ0) is 28.8. The minimum absolute atomic E-state index is 0.133. The summed E-state index contributed by atoms with van der Waals surface area (Å²) in [7, 11) is 0. The number of rotatable bonds is 9. The topological polar surface area (TPSA) is 186 Å². The highest BCUT2D eigenvalue weighted by molar-refractivity contribution is 6.12.